The zero-order valence-corrected chi connectivity index (χ0v) is 14.8. The average molecular weight is 338 g/mol. The Hall–Kier alpha value is -0.460. The molecule has 0 radical (unpaired) electrons. The smallest absolute Gasteiger partial charge is 0.232 e. The predicted octanol–water partition coefficient (Wildman–Crippen LogP) is 1.25. The number of rotatable bonds is 5. The standard InChI is InChI=1S/C14H27N3O2S.ClH/c1-14(2,3)20-10-12(18)17-8-4-5-11(9-17)13(19)16-7-6-15;/h11H,4-10,15H2,1-3H3,(H,16,19);1H. The molecule has 1 unspecified atom stereocenters. The third-order valence-electron chi connectivity index (χ3n) is 3.22. The van der Waals surface area contributed by atoms with Crippen LogP contribution in [-0.4, -0.2) is 53.4 Å². The highest BCUT2D eigenvalue weighted by Crippen LogP contribution is 2.24. The zero-order valence-electron chi connectivity index (χ0n) is 13.2. The van der Waals surface area contributed by atoms with Crippen LogP contribution in [-0.2, 0) is 9.59 Å². The highest BCUT2D eigenvalue weighted by Gasteiger charge is 2.28. The summed E-state index contributed by atoms with van der Waals surface area (Å²) >= 11 is 1.65. The van der Waals surface area contributed by atoms with Gasteiger partial charge in [0.15, 0.2) is 0 Å². The quantitative estimate of drug-likeness (QED) is 0.791. The van der Waals surface area contributed by atoms with Gasteiger partial charge in [-0.3, -0.25) is 9.59 Å². The summed E-state index contributed by atoms with van der Waals surface area (Å²) in [4.78, 5) is 25.9. The molecule has 1 aliphatic heterocycles. The summed E-state index contributed by atoms with van der Waals surface area (Å²) in [6.45, 7) is 8.56. The van der Waals surface area contributed by atoms with E-state index in [9.17, 15) is 9.59 Å². The van der Waals surface area contributed by atoms with E-state index in [1.807, 2.05) is 4.90 Å². The van der Waals surface area contributed by atoms with Crippen LogP contribution in [0, 0.1) is 5.92 Å². The molecule has 1 rings (SSSR count). The molecule has 0 aromatic heterocycles. The molecule has 0 aromatic rings. The number of amides is 2. The minimum absolute atomic E-state index is 0. The number of nitrogens with two attached hydrogens (primary N) is 1. The number of carbonyl (C=O) groups is 2. The van der Waals surface area contributed by atoms with Crippen molar-refractivity contribution in [3.05, 3.63) is 0 Å². The predicted molar refractivity (Wildman–Crippen MR) is 90.8 cm³/mol. The van der Waals surface area contributed by atoms with E-state index >= 15 is 0 Å². The minimum atomic E-state index is -0.0844. The van der Waals surface area contributed by atoms with Gasteiger partial charge in [-0.2, -0.15) is 0 Å². The van der Waals surface area contributed by atoms with Crippen molar-refractivity contribution in [3.63, 3.8) is 0 Å². The van der Waals surface area contributed by atoms with Gasteiger partial charge in [0.05, 0.1) is 11.7 Å². The third kappa shape index (κ3) is 7.93. The summed E-state index contributed by atoms with van der Waals surface area (Å²) in [6.07, 6.45) is 1.75. The minimum Gasteiger partial charge on any atom is -0.355 e. The Morgan fingerprint density at radius 3 is 2.62 bits per heavy atom. The van der Waals surface area contributed by atoms with E-state index in [4.69, 9.17) is 5.73 Å². The maximum Gasteiger partial charge on any atom is 0.232 e. The molecule has 0 spiro atoms. The molecule has 7 heteroatoms. The lowest BCUT2D eigenvalue weighted by atomic mass is 9.97. The van der Waals surface area contributed by atoms with Crippen LogP contribution >= 0.6 is 24.2 Å². The Morgan fingerprint density at radius 2 is 2.05 bits per heavy atom. The van der Waals surface area contributed by atoms with E-state index in [-0.39, 0.29) is 34.9 Å². The van der Waals surface area contributed by atoms with Crippen molar-refractivity contribution >= 4 is 36.0 Å². The topological polar surface area (TPSA) is 75.4 Å². The van der Waals surface area contributed by atoms with Crippen LogP contribution in [0.1, 0.15) is 33.6 Å². The fourth-order valence-electron chi connectivity index (χ4n) is 2.13. The van der Waals surface area contributed by atoms with E-state index in [0.29, 0.717) is 25.4 Å². The number of halogens is 1. The summed E-state index contributed by atoms with van der Waals surface area (Å²) in [5.74, 6) is 0.567. The van der Waals surface area contributed by atoms with Crippen molar-refractivity contribution in [1.29, 1.82) is 0 Å². The lowest BCUT2D eigenvalue weighted by Gasteiger charge is -2.32. The molecule has 0 aromatic carbocycles. The molecule has 1 heterocycles. The van der Waals surface area contributed by atoms with Gasteiger partial charge >= 0.3 is 0 Å². The van der Waals surface area contributed by atoms with Gasteiger partial charge in [0.1, 0.15) is 0 Å². The largest absolute Gasteiger partial charge is 0.355 e. The SMILES string of the molecule is CC(C)(C)SCC(=O)N1CCCC(C(=O)NCCN)C1.Cl. The van der Waals surface area contributed by atoms with E-state index in [1.165, 1.54) is 0 Å². The van der Waals surface area contributed by atoms with Crippen LogP contribution in [0.4, 0.5) is 0 Å². The molecule has 124 valence electrons. The summed E-state index contributed by atoms with van der Waals surface area (Å²) in [5.41, 5.74) is 5.38. The first kappa shape index (κ1) is 20.5. The van der Waals surface area contributed by atoms with Gasteiger partial charge in [-0.1, -0.05) is 20.8 Å². The van der Waals surface area contributed by atoms with Crippen molar-refractivity contribution in [2.24, 2.45) is 11.7 Å². The van der Waals surface area contributed by atoms with Crippen LogP contribution in [0.15, 0.2) is 0 Å². The Labute approximate surface area is 138 Å². The first-order chi connectivity index (χ1) is 9.33. The summed E-state index contributed by atoms with van der Waals surface area (Å²) in [7, 11) is 0. The van der Waals surface area contributed by atoms with Gasteiger partial charge in [-0.05, 0) is 12.8 Å². The number of hydrogen-bond acceptors (Lipinski definition) is 4. The molecule has 2 amide bonds. The van der Waals surface area contributed by atoms with Crippen LogP contribution in [0.25, 0.3) is 0 Å². The van der Waals surface area contributed by atoms with Gasteiger partial charge in [0, 0.05) is 30.9 Å². The molecule has 1 atom stereocenters. The van der Waals surface area contributed by atoms with Crippen molar-refractivity contribution in [2.75, 3.05) is 31.9 Å². The van der Waals surface area contributed by atoms with Crippen molar-refractivity contribution in [2.45, 2.75) is 38.4 Å². The fraction of sp³-hybridized carbons (Fsp3) is 0.857. The third-order valence-corrected chi connectivity index (χ3v) is 4.47. The monoisotopic (exact) mass is 337 g/mol. The second kappa shape index (κ2) is 9.54. The highest BCUT2D eigenvalue weighted by atomic mass is 35.5. The summed E-state index contributed by atoms with van der Waals surface area (Å²) in [6, 6.07) is 0. The van der Waals surface area contributed by atoms with Gasteiger partial charge in [-0.25, -0.2) is 0 Å². The number of likely N-dealkylation sites (tertiary alicyclic amines) is 1. The Bertz CT molecular complexity index is 348. The second-order valence-electron chi connectivity index (χ2n) is 6.16. The van der Waals surface area contributed by atoms with E-state index in [0.717, 1.165) is 19.4 Å². The number of nitrogens with one attached hydrogen (secondary N) is 1. The number of piperidine rings is 1. The first-order valence-electron chi connectivity index (χ1n) is 7.23. The van der Waals surface area contributed by atoms with Gasteiger partial charge < -0.3 is 16.0 Å². The Balaban J connectivity index is 0.00000400. The lowest BCUT2D eigenvalue weighted by Crippen LogP contribution is -2.46. The molecular weight excluding hydrogens is 310 g/mol. The zero-order chi connectivity index (χ0) is 15.2. The van der Waals surface area contributed by atoms with Crippen LogP contribution in [0.3, 0.4) is 0 Å². The number of thioether (sulfide) groups is 1. The molecule has 1 saturated heterocycles. The fourth-order valence-corrected chi connectivity index (χ4v) is 2.87. The normalized spacial score (nSPS) is 18.9. The highest BCUT2D eigenvalue weighted by molar-refractivity contribution is 8.01. The molecule has 21 heavy (non-hydrogen) atoms. The molecule has 0 aliphatic carbocycles. The average Bonchev–Trinajstić information content (AvgIpc) is 2.41. The number of carbonyl (C=O) groups excluding carboxylic acids is 2. The van der Waals surface area contributed by atoms with Crippen molar-refractivity contribution in [3.8, 4) is 0 Å². The van der Waals surface area contributed by atoms with E-state index < -0.39 is 0 Å². The van der Waals surface area contributed by atoms with Crippen molar-refractivity contribution < 1.29 is 9.59 Å². The van der Waals surface area contributed by atoms with E-state index in [2.05, 4.69) is 26.1 Å². The van der Waals surface area contributed by atoms with Gasteiger partial charge in [0.25, 0.3) is 0 Å². The van der Waals surface area contributed by atoms with Crippen LogP contribution in [0.2, 0.25) is 0 Å². The maximum atomic E-state index is 12.2. The van der Waals surface area contributed by atoms with Crippen LogP contribution < -0.4 is 11.1 Å². The molecule has 3 N–H and O–H groups in total. The summed E-state index contributed by atoms with van der Waals surface area (Å²) in [5, 5.41) is 2.81. The Kier molecular flexibility index (Phi) is 9.33. The van der Waals surface area contributed by atoms with Crippen LogP contribution in [0.5, 0.6) is 0 Å². The molecular formula is C14H28ClN3O2S. The van der Waals surface area contributed by atoms with E-state index in [1.54, 1.807) is 11.8 Å². The van der Waals surface area contributed by atoms with Gasteiger partial charge in [-0.15, -0.1) is 24.2 Å². The second-order valence-corrected chi connectivity index (χ2v) is 7.96. The summed E-state index contributed by atoms with van der Waals surface area (Å²) < 4.78 is 0.0867. The number of hydrogen-bond donors (Lipinski definition) is 2. The first-order valence-corrected chi connectivity index (χ1v) is 8.21. The number of nitrogens with zero attached hydrogens (tertiary/aromatic N) is 1. The molecule has 0 bridgehead atoms. The molecule has 0 saturated carbocycles. The molecule has 5 nitrogen and oxygen atoms in total. The lowest BCUT2D eigenvalue weighted by molar-refractivity contribution is -0.133. The van der Waals surface area contributed by atoms with Gasteiger partial charge in [0.2, 0.25) is 11.8 Å². The Morgan fingerprint density at radius 1 is 1.38 bits per heavy atom. The van der Waals surface area contributed by atoms with Crippen molar-refractivity contribution in [1.82, 2.24) is 10.2 Å². The molecule has 1 fully saturated rings. The molecule has 1 aliphatic rings. The maximum absolute atomic E-state index is 12.2.